The van der Waals surface area contributed by atoms with Crippen LogP contribution >= 0.6 is 0 Å². The topological polar surface area (TPSA) is 26.3 Å². The van der Waals surface area contributed by atoms with Crippen molar-refractivity contribution < 1.29 is 8.83 Å². The summed E-state index contributed by atoms with van der Waals surface area (Å²) in [5, 5.41) is 19.3. The van der Waals surface area contributed by atoms with Gasteiger partial charge in [0.05, 0.1) is 0 Å². The van der Waals surface area contributed by atoms with E-state index in [1.165, 1.54) is 86.5 Å². The fourth-order valence-electron chi connectivity index (χ4n) is 8.61. The molecule has 0 N–H and O–H groups in total. The lowest BCUT2D eigenvalue weighted by Crippen LogP contribution is -1.84. The quantitative estimate of drug-likeness (QED) is 0.170. The van der Waals surface area contributed by atoms with Crippen LogP contribution < -0.4 is 0 Å². The summed E-state index contributed by atoms with van der Waals surface area (Å²) in [7, 11) is 0. The minimum atomic E-state index is 0.907. The summed E-state index contributed by atoms with van der Waals surface area (Å²) < 4.78 is 13.0. The monoisotopic (exact) mass is 612 g/mol. The highest BCUT2D eigenvalue weighted by Gasteiger charge is 2.16. The van der Waals surface area contributed by atoms with Crippen molar-refractivity contribution in [2.45, 2.75) is 13.8 Å². The van der Waals surface area contributed by atoms with Gasteiger partial charge in [0.15, 0.2) is 0 Å². The van der Waals surface area contributed by atoms with Crippen molar-refractivity contribution in [3.05, 3.63) is 145 Å². The van der Waals surface area contributed by atoms with E-state index in [-0.39, 0.29) is 0 Å². The lowest BCUT2D eigenvalue weighted by atomic mass is 9.93. The SMILES string of the molecule is Cc1c2ccc3oc4ccc(cc4c13)c1cccc3cccc(c4ccc5oc6ccc(c(C)c6c5c4)c4cccc5cccc2c54)c31. The van der Waals surface area contributed by atoms with Crippen molar-refractivity contribution in [3.63, 3.8) is 0 Å². The number of aryl methyl sites for hydroxylation is 2. The lowest BCUT2D eigenvalue weighted by molar-refractivity contribution is 0.668. The van der Waals surface area contributed by atoms with Gasteiger partial charge in [-0.15, -0.1) is 0 Å². The summed E-state index contributed by atoms with van der Waals surface area (Å²) in [5.41, 5.74) is 6.10. The molecule has 0 saturated carbocycles. The molecule has 11 aromatic rings. The fraction of sp³-hybridized carbons (Fsp3) is 0.0435. The summed E-state index contributed by atoms with van der Waals surface area (Å²) in [6, 6.07) is 48.8. The van der Waals surface area contributed by atoms with Gasteiger partial charge in [0.25, 0.3) is 0 Å². The van der Waals surface area contributed by atoms with E-state index >= 15 is 0 Å². The molecule has 0 aliphatic carbocycles. The maximum Gasteiger partial charge on any atom is 0.135 e. The van der Waals surface area contributed by atoms with Gasteiger partial charge in [0.2, 0.25) is 0 Å². The van der Waals surface area contributed by atoms with Gasteiger partial charge in [-0.2, -0.15) is 0 Å². The van der Waals surface area contributed by atoms with Gasteiger partial charge in [-0.3, -0.25) is 0 Å². The minimum absolute atomic E-state index is 0.907. The van der Waals surface area contributed by atoms with Crippen LogP contribution in [0.5, 0.6) is 0 Å². The molecule has 224 valence electrons. The zero-order chi connectivity index (χ0) is 31.7. The van der Waals surface area contributed by atoms with E-state index in [0.717, 1.165) is 33.1 Å². The molecule has 0 atom stereocenters. The van der Waals surface area contributed by atoms with E-state index in [9.17, 15) is 0 Å². The van der Waals surface area contributed by atoms with Gasteiger partial charge in [0.1, 0.15) is 22.3 Å². The summed E-state index contributed by atoms with van der Waals surface area (Å²) in [5.74, 6) is 0. The van der Waals surface area contributed by atoms with Crippen molar-refractivity contribution >= 4 is 109 Å². The molecule has 0 spiro atoms. The average Bonchev–Trinajstić information content (AvgIpc) is 3.69. The Bertz CT molecular complexity index is 3030. The minimum Gasteiger partial charge on any atom is -0.456 e. The van der Waals surface area contributed by atoms with Crippen LogP contribution in [0.25, 0.3) is 109 Å². The Labute approximate surface area is 275 Å². The molecule has 8 bridgehead atoms. The van der Waals surface area contributed by atoms with Crippen LogP contribution in [0.1, 0.15) is 11.1 Å². The second-order valence-corrected chi connectivity index (χ2v) is 13.3. The molecule has 2 heterocycles. The van der Waals surface area contributed by atoms with Gasteiger partial charge >= 0.3 is 0 Å². The first-order chi connectivity index (χ1) is 23.6. The third kappa shape index (κ3) is 3.36. The van der Waals surface area contributed by atoms with Gasteiger partial charge in [0, 0.05) is 21.5 Å². The van der Waals surface area contributed by atoms with E-state index in [4.69, 9.17) is 8.83 Å². The van der Waals surface area contributed by atoms with E-state index in [1.807, 2.05) is 0 Å². The average molecular weight is 613 g/mol. The number of hydrogen-bond donors (Lipinski definition) is 0. The highest BCUT2D eigenvalue weighted by atomic mass is 16.3. The molecular formula is C46H28O2. The summed E-state index contributed by atoms with van der Waals surface area (Å²) in [6.07, 6.45) is 0. The Balaban J connectivity index is 1.49. The zero-order valence-corrected chi connectivity index (χ0v) is 26.5. The Morgan fingerprint density at radius 1 is 0.292 bits per heavy atom. The van der Waals surface area contributed by atoms with Gasteiger partial charge in [-0.1, -0.05) is 97.1 Å². The standard InChI is InChI=1S/C46H28O2/c1-25-31-17-21-41-43(25)37-23-29(15-19-39(37)47-41)33-11-3-7-27-8-4-12-34(45(27)33)30-16-20-40-38(24-30)44-26(2)32(18-22-42(44)48-40)36-14-6-10-28-9-5-13-35(31)46(28)36/h3-24H,1-2H3. The van der Waals surface area contributed by atoms with Gasteiger partial charge in [-0.05, 0) is 126 Å². The second kappa shape index (κ2) is 9.24. The van der Waals surface area contributed by atoms with Crippen LogP contribution in [0.4, 0.5) is 0 Å². The largest absolute Gasteiger partial charge is 0.456 e. The Morgan fingerprint density at radius 3 is 1.15 bits per heavy atom. The van der Waals surface area contributed by atoms with Crippen molar-refractivity contribution in [1.29, 1.82) is 0 Å². The van der Waals surface area contributed by atoms with Crippen LogP contribution in [0.2, 0.25) is 0 Å². The normalized spacial score (nSPS) is 12.4. The molecule has 0 fully saturated rings. The molecule has 0 saturated heterocycles. The molecular weight excluding hydrogens is 585 g/mol. The van der Waals surface area contributed by atoms with E-state index in [0.29, 0.717) is 0 Å². The van der Waals surface area contributed by atoms with Crippen molar-refractivity contribution in [1.82, 2.24) is 0 Å². The number of rotatable bonds is 0. The molecule has 48 heavy (non-hydrogen) atoms. The first-order valence-corrected chi connectivity index (χ1v) is 16.6. The smallest absolute Gasteiger partial charge is 0.135 e. The van der Waals surface area contributed by atoms with Crippen molar-refractivity contribution in [2.75, 3.05) is 0 Å². The zero-order valence-electron chi connectivity index (χ0n) is 26.5. The molecule has 0 aliphatic heterocycles. The molecule has 0 unspecified atom stereocenters. The molecule has 11 rings (SSSR count). The first-order valence-electron chi connectivity index (χ1n) is 16.6. The Morgan fingerprint density at radius 2 is 0.688 bits per heavy atom. The predicted octanol–water partition coefficient (Wildman–Crippen LogP) is 13.6. The van der Waals surface area contributed by atoms with Gasteiger partial charge in [-0.25, -0.2) is 0 Å². The summed E-state index contributed by atoms with van der Waals surface area (Å²) in [4.78, 5) is 0. The molecule has 2 nitrogen and oxygen atoms in total. The Hall–Kier alpha value is -6.12. The van der Waals surface area contributed by atoms with Crippen LogP contribution in [-0.4, -0.2) is 0 Å². The number of benzene rings is 8. The third-order valence-electron chi connectivity index (χ3n) is 10.8. The number of fused-ring (bicyclic) bond motifs is 8. The maximum atomic E-state index is 6.50. The van der Waals surface area contributed by atoms with Crippen molar-refractivity contribution in [3.8, 4) is 0 Å². The van der Waals surface area contributed by atoms with Crippen LogP contribution in [-0.2, 0) is 0 Å². The molecule has 2 heteroatoms. The third-order valence-corrected chi connectivity index (χ3v) is 10.8. The number of hydrogen-bond acceptors (Lipinski definition) is 2. The predicted molar refractivity (Wildman–Crippen MR) is 204 cm³/mol. The first kappa shape index (κ1) is 26.0. The highest BCUT2D eigenvalue weighted by Crippen LogP contribution is 2.41. The van der Waals surface area contributed by atoms with E-state index in [1.54, 1.807) is 0 Å². The molecule has 0 amide bonds. The summed E-state index contributed by atoms with van der Waals surface area (Å²) in [6.45, 7) is 4.50. The molecule has 9 aromatic carbocycles. The maximum absolute atomic E-state index is 6.50. The lowest BCUT2D eigenvalue weighted by Gasteiger charge is -2.10. The second-order valence-electron chi connectivity index (χ2n) is 13.3. The molecule has 2 aromatic heterocycles. The molecule has 0 aliphatic rings. The van der Waals surface area contributed by atoms with Crippen LogP contribution in [0.15, 0.2) is 142 Å². The van der Waals surface area contributed by atoms with Crippen LogP contribution in [0, 0.1) is 13.8 Å². The fourth-order valence-corrected chi connectivity index (χ4v) is 8.61. The van der Waals surface area contributed by atoms with E-state index in [2.05, 4.69) is 147 Å². The summed E-state index contributed by atoms with van der Waals surface area (Å²) >= 11 is 0. The highest BCUT2D eigenvalue weighted by molar-refractivity contribution is 6.25. The van der Waals surface area contributed by atoms with Crippen molar-refractivity contribution in [2.24, 2.45) is 0 Å². The van der Waals surface area contributed by atoms with Gasteiger partial charge < -0.3 is 8.83 Å². The Kier molecular flexibility index (Phi) is 5.01. The van der Waals surface area contributed by atoms with Crippen LogP contribution in [0.3, 0.4) is 0 Å². The molecule has 0 radical (unpaired) electrons. The number of furan rings is 2. The van der Waals surface area contributed by atoms with E-state index < -0.39 is 0 Å².